The molecular weight excluding hydrogens is 368 g/mol. The Hall–Kier alpha value is -1.90. The lowest BCUT2D eigenvalue weighted by atomic mass is 9.95. The zero-order valence-electron chi connectivity index (χ0n) is 14.3. The number of carbonyl (C=O) groups is 2. The fraction of sp³-hybridized carbons (Fsp3) is 0.389. The number of carbonyl (C=O) groups excluding carboxylic acids is 2. The second-order valence-electron chi connectivity index (χ2n) is 6.70. The molecule has 2 amide bonds. The van der Waals surface area contributed by atoms with E-state index in [1.807, 2.05) is 30.3 Å². The summed E-state index contributed by atoms with van der Waals surface area (Å²) in [6.07, 6.45) is 3.41. The minimum Gasteiger partial charge on any atom is -0.348 e. The van der Waals surface area contributed by atoms with Crippen LogP contribution < -0.4 is 16.0 Å². The molecule has 3 N–H and O–H groups in total. The number of rotatable bonds is 5. The normalized spacial score (nSPS) is 23.8. The summed E-state index contributed by atoms with van der Waals surface area (Å²) < 4.78 is 4.32. The van der Waals surface area contributed by atoms with Gasteiger partial charge in [0, 0.05) is 41.6 Å². The number of amides is 2. The Morgan fingerprint density at radius 3 is 2.73 bits per heavy atom. The van der Waals surface area contributed by atoms with Gasteiger partial charge in [-0.05, 0) is 55.1 Å². The van der Waals surface area contributed by atoms with Crippen molar-refractivity contribution in [2.75, 3.05) is 5.32 Å². The van der Waals surface area contributed by atoms with Gasteiger partial charge in [0.2, 0.25) is 5.91 Å². The third-order valence-corrected chi connectivity index (χ3v) is 6.49. The van der Waals surface area contributed by atoms with Crippen molar-refractivity contribution in [3.8, 4) is 0 Å². The van der Waals surface area contributed by atoms with Crippen molar-refractivity contribution >= 4 is 40.1 Å². The molecule has 1 aromatic heterocycles. The topological polar surface area (TPSA) is 83.1 Å². The highest BCUT2D eigenvalue weighted by molar-refractivity contribution is 7.99. The molecule has 4 rings (SSSR count). The third kappa shape index (κ3) is 3.92. The Labute approximate surface area is 160 Å². The van der Waals surface area contributed by atoms with E-state index in [2.05, 4.69) is 20.3 Å². The van der Waals surface area contributed by atoms with Crippen LogP contribution >= 0.6 is 23.3 Å². The molecular formula is C18H20N4O2S2. The molecule has 2 saturated heterocycles. The zero-order chi connectivity index (χ0) is 18.1. The standard InChI is InChI=1S/C18H20N4O2S2/c1-10(23)19-16-9-17(22-26-16)25-13-5-2-11(3-6-13)18(24)21-15-8-12-4-7-14(15)20-12/h2-3,5-6,9,12,14-15,20H,4,7-8H2,1H3,(H,19,23)(H,21,24)/t12-,14+,15-/m1/s1. The van der Waals surface area contributed by atoms with Gasteiger partial charge in [0.05, 0.1) is 0 Å². The number of benzene rings is 1. The molecule has 2 bridgehead atoms. The van der Waals surface area contributed by atoms with Crippen LogP contribution in [-0.2, 0) is 4.79 Å². The smallest absolute Gasteiger partial charge is 0.251 e. The Bertz CT molecular complexity index is 821. The van der Waals surface area contributed by atoms with Gasteiger partial charge in [-0.15, -0.1) is 0 Å². The first-order valence-corrected chi connectivity index (χ1v) is 10.2. The van der Waals surface area contributed by atoms with Crippen LogP contribution in [0.1, 0.15) is 36.5 Å². The van der Waals surface area contributed by atoms with Crippen molar-refractivity contribution in [3.63, 3.8) is 0 Å². The van der Waals surface area contributed by atoms with Gasteiger partial charge >= 0.3 is 0 Å². The molecule has 0 saturated carbocycles. The van der Waals surface area contributed by atoms with Crippen molar-refractivity contribution in [2.45, 2.75) is 54.2 Å². The van der Waals surface area contributed by atoms with Gasteiger partial charge in [0.1, 0.15) is 10.0 Å². The van der Waals surface area contributed by atoms with E-state index in [0.717, 1.165) is 27.8 Å². The van der Waals surface area contributed by atoms with E-state index in [1.165, 1.54) is 36.6 Å². The summed E-state index contributed by atoms with van der Waals surface area (Å²) in [5.41, 5.74) is 0.675. The lowest BCUT2D eigenvalue weighted by Gasteiger charge is -2.21. The molecule has 0 radical (unpaired) electrons. The van der Waals surface area contributed by atoms with Crippen molar-refractivity contribution in [1.29, 1.82) is 0 Å². The Morgan fingerprint density at radius 1 is 1.27 bits per heavy atom. The minimum absolute atomic E-state index is 0.0116. The Morgan fingerprint density at radius 2 is 2.08 bits per heavy atom. The monoisotopic (exact) mass is 388 g/mol. The van der Waals surface area contributed by atoms with Crippen LogP contribution in [0.25, 0.3) is 0 Å². The number of nitrogens with one attached hydrogen (secondary N) is 3. The van der Waals surface area contributed by atoms with Gasteiger partial charge in [-0.2, -0.15) is 4.37 Å². The van der Waals surface area contributed by atoms with Crippen LogP contribution in [0.4, 0.5) is 5.00 Å². The van der Waals surface area contributed by atoms with Crippen molar-refractivity contribution in [2.24, 2.45) is 0 Å². The molecule has 0 spiro atoms. The van der Waals surface area contributed by atoms with Crippen molar-refractivity contribution in [3.05, 3.63) is 35.9 Å². The third-order valence-electron chi connectivity index (χ3n) is 4.74. The molecule has 2 aromatic rings. The molecule has 8 heteroatoms. The molecule has 0 unspecified atom stereocenters. The number of aromatic nitrogens is 1. The summed E-state index contributed by atoms with van der Waals surface area (Å²) in [6.45, 7) is 1.48. The molecule has 1 aromatic carbocycles. The van der Waals surface area contributed by atoms with Crippen LogP contribution in [-0.4, -0.2) is 34.3 Å². The number of hydrogen-bond acceptors (Lipinski definition) is 6. The molecule has 136 valence electrons. The van der Waals surface area contributed by atoms with E-state index in [1.54, 1.807) is 0 Å². The summed E-state index contributed by atoms with van der Waals surface area (Å²) >= 11 is 2.76. The highest BCUT2D eigenvalue weighted by Gasteiger charge is 2.39. The van der Waals surface area contributed by atoms with Gasteiger partial charge in [0.15, 0.2) is 0 Å². The van der Waals surface area contributed by atoms with Crippen LogP contribution in [0.5, 0.6) is 0 Å². The van der Waals surface area contributed by atoms with Gasteiger partial charge in [-0.1, -0.05) is 11.8 Å². The maximum Gasteiger partial charge on any atom is 0.251 e. The fourth-order valence-corrected chi connectivity index (χ4v) is 5.19. The predicted octanol–water partition coefficient (Wildman–Crippen LogP) is 2.88. The highest BCUT2D eigenvalue weighted by atomic mass is 32.2. The van der Waals surface area contributed by atoms with E-state index >= 15 is 0 Å². The summed E-state index contributed by atoms with van der Waals surface area (Å²) in [5, 5.41) is 11.0. The van der Waals surface area contributed by atoms with Crippen molar-refractivity contribution < 1.29 is 9.59 Å². The maximum atomic E-state index is 12.5. The van der Waals surface area contributed by atoms with E-state index < -0.39 is 0 Å². The quantitative estimate of drug-likeness (QED) is 0.734. The summed E-state index contributed by atoms with van der Waals surface area (Å²) in [7, 11) is 0. The van der Waals surface area contributed by atoms with Crippen LogP contribution in [0.3, 0.4) is 0 Å². The molecule has 26 heavy (non-hydrogen) atoms. The van der Waals surface area contributed by atoms with Crippen LogP contribution in [0.15, 0.2) is 40.3 Å². The average Bonchev–Trinajstić information content (AvgIpc) is 3.32. The lowest BCUT2D eigenvalue weighted by molar-refractivity contribution is -0.114. The minimum atomic E-state index is -0.105. The fourth-order valence-electron chi connectivity index (χ4n) is 3.57. The SMILES string of the molecule is CC(=O)Nc1cc(Sc2ccc(C(=O)N[C@@H]3C[C@H]4CC[C@@H]3N4)cc2)ns1. The van der Waals surface area contributed by atoms with E-state index in [0.29, 0.717) is 17.6 Å². The molecule has 2 aliphatic rings. The van der Waals surface area contributed by atoms with Gasteiger partial charge in [-0.3, -0.25) is 9.59 Å². The summed E-state index contributed by atoms with van der Waals surface area (Å²) in [4.78, 5) is 24.5. The molecule has 2 fully saturated rings. The summed E-state index contributed by atoms with van der Waals surface area (Å²) in [6, 6.07) is 10.6. The largest absolute Gasteiger partial charge is 0.348 e. The van der Waals surface area contributed by atoms with Crippen molar-refractivity contribution in [1.82, 2.24) is 15.0 Å². The first-order chi connectivity index (χ1) is 12.6. The number of hydrogen-bond donors (Lipinski definition) is 3. The highest BCUT2D eigenvalue weighted by Crippen LogP contribution is 2.31. The Balaban J connectivity index is 1.35. The van der Waals surface area contributed by atoms with Gasteiger partial charge < -0.3 is 16.0 Å². The Kier molecular flexibility index (Phi) is 4.97. The number of fused-ring (bicyclic) bond motifs is 2. The lowest BCUT2D eigenvalue weighted by Crippen LogP contribution is -2.42. The van der Waals surface area contributed by atoms with Gasteiger partial charge in [0.25, 0.3) is 5.91 Å². The molecule has 6 nitrogen and oxygen atoms in total. The van der Waals surface area contributed by atoms with E-state index in [9.17, 15) is 9.59 Å². The second-order valence-corrected chi connectivity index (χ2v) is 8.60. The zero-order valence-corrected chi connectivity index (χ0v) is 16.0. The van der Waals surface area contributed by atoms with E-state index in [4.69, 9.17) is 0 Å². The average molecular weight is 389 g/mol. The predicted molar refractivity (Wildman–Crippen MR) is 103 cm³/mol. The molecule has 0 aliphatic carbocycles. The molecule has 3 heterocycles. The summed E-state index contributed by atoms with van der Waals surface area (Å²) in [5.74, 6) is -0.117. The molecule has 3 atom stereocenters. The first kappa shape index (κ1) is 17.5. The van der Waals surface area contributed by atoms with Crippen LogP contribution in [0.2, 0.25) is 0 Å². The molecule has 2 aliphatic heterocycles. The van der Waals surface area contributed by atoms with Crippen LogP contribution in [0, 0.1) is 0 Å². The maximum absolute atomic E-state index is 12.5. The first-order valence-electron chi connectivity index (χ1n) is 8.66. The number of anilines is 1. The van der Waals surface area contributed by atoms with E-state index in [-0.39, 0.29) is 17.9 Å². The number of nitrogens with zero attached hydrogens (tertiary/aromatic N) is 1. The van der Waals surface area contributed by atoms with Gasteiger partial charge in [-0.25, -0.2) is 0 Å². The second kappa shape index (κ2) is 7.38.